The standard InChI is InChI=1S/C23H21.C22H19.C2H6Si.2ClH.Zr/c1-15(2)18-11-12-21(23-14-16(3)13-22(18)23)20-10-6-8-17-7-4-5-9-19(17)20;1-15(2)18-13-17-9-6-12-21(22(17)14-18)20-11-5-8-16-7-3-4-10-19(16)20;1-3-2;;;/h4-15H,1-3H3;3-15H,1-2H3;1-2H3;2*1H;/q2*-1;;;;+2/p-2. The van der Waals surface area contributed by atoms with Gasteiger partial charge in [-0.15, -0.1) is 68.6 Å². The largest absolute Gasteiger partial charge is 1.00 e. The predicted octanol–water partition coefficient (Wildman–Crippen LogP) is 8.11. The zero-order valence-corrected chi connectivity index (χ0v) is 35.7. The molecule has 0 radical (unpaired) electrons. The van der Waals surface area contributed by atoms with Gasteiger partial charge in [-0.3, -0.25) is 0 Å². The van der Waals surface area contributed by atoms with Gasteiger partial charge in [-0.2, -0.15) is 12.1 Å². The molecule has 51 heavy (non-hydrogen) atoms. The van der Waals surface area contributed by atoms with Crippen molar-refractivity contribution in [3.8, 4) is 22.3 Å². The number of halogens is 2. The van der Waals surface area contributed by atoms with E-state index >= 15 is 0 Å². The van der Waals surface area contributed by atoms with Gasteiger partial charge in [0.25, 0.3) is 0 Å². The zero-order valence-electron chi connectivity index (χ0n) is 30.7. The minimum absolute atomic E-state index is 0. The molecule has 0 N–H and O–H groups in total. The molecule has 0 heterocycles. The number of aryl methyl sites for hydroxylation is 1. The van der Waals surface area contributed by atoms with E-state index < -0.39 is 0 Å². The molecular weight excluding hydrogens is 755 g/mol. The van der Waals surface area contributed by atoms with E-state index in [1.807, 2.05) is 0 Å². The van der Waals surface area contributed by atoms with Crippen LogP contribution < -0.4 is 24.8 Å². The second-order valence-electron chi connectivity index (χ2n) is 14.0. The maximum absolute atomic E-state index is 2.36. The molecule has 0 spiro atoms. The van der Waals surface area contributed by atoms with Gasteiger partial charge in [-0.25, -0.2) is 0 Å². The number of fused-ring (bicyclic) bond motifs is 4. The van der Waals surface area contributed by atoms with Crippen LogP contribution in [-0.4, -0.2) is 5.43 Å². The molecule has 0 aromatic heterocycles. The monoisotopic (exact) mass is 798 g/mol. The van der Waals surface area contributed by atoms with Crippen LogP contribution in [0.15, 0.2) is 140 Å². The molecule has 0 fully saturated rings. The minimum atomic E-state index is 0. The molecule has 8 rings (SSSR count). The number of benzene rings is 6. The first kappa shape index (κ1) is 40.5. The molecule has 8 aromatic carbocycles. The van der Waals surface area contributed by atoms with Crippen molar-refractivity contribution in [3.05, 3.63) is 156 Å². The third-order valence-corrected chi connectivity index (χ3v) is 9.29. The van der Waals surface area contributed by atoms with E-state index in [9.17, 15) is 0 Å². The van der Waals surface area contributed by atoms with E-state index in [-0.39, 0.29) is 30.2 Å². The Balaban J connectivity index is 0.000000200. The van der Waals surface area contributed by atoms with Crippen LogP contribution in [0.2, 0.25) is 13.1 Å². The molecule has 0 saturated heterocycles. The summed E-state index contributed by atoms with van der Waals surface area (Å²) in [6.45, 7) is 15.9. The van der Waals surface area contributed by atoms with Gasteiger partial charge in [0.1, 0.15) is 0 Å². The normalized spacial score (nSPS) is 10.8. The molecule has 0 aliphatic rings. The fourth-order valence-electron chi connectivity index (χ4n) is 6.95. The van der Waals surface area contributed by atoms with Gasteiger partial charge in [-0.05, 0) is 38.6 Å². The van der Waals surface area contributed by atoms with Gasteiger partial charge in [0.2, 0.25) is 0 Å². The SMILES string of the molecule is CC(C)c1cc2c(-c3cccc4ccccc34)cccc2[cH-]1.C[Si](C)=[Zr+2].Cc1cc2c(-c3cccc4ccccc34)ccc(C(C)C)c2[cH-]1.[Cl-].[Cl-]. The number of rotatable bonds is 4. The molecule has 258 valence electrons. The summed E-state index contributed by atoms with van der Waals surface area (Å²) >= 11 is 1.74. The Morgan fingerprint density at radius 2 is 0.980 bits per heavy atom. The number of hydrogen-bond donors (Lipinski definition) is 0. The van der Waals surface area contributed by atoms with E-state index in [1.54, 1.807) is 23.3 Å². The number of hydrogen-bond acceptors (Lipinski definition) is 0. The van der Waals surface area contributed by atoms with Crippen molar-refractivity contribution in [2.45, 2.75) is 59.5 Å². The summed E-state index contributed by atoms with van der Waals surface area (Å²) in [4.78, 5) is 0. The molecule has 0 atom stereocenters. The average Bonchev–Trinajstić information content (AvgIpc) is 3.71. The van der Waals surface area contributed by atoms with Gasteiger partial charge in [0, 0.05) is 0 Å². The summed E-state index contributed by atoms with van der Waals surface area (Å²) < 4.78 is 0. The van der Waals surface area contributed by atoms with Crippen LogP contribution in [0.4, 0.5) is 0 Å². The Kier molecular flexibility index (Phi) is 14.3. The van der Waals surface area contributed by atoms with Gasteiger partial charge >= 0.3 is 41.9 Å². The van der Waals surface area contributed by atoms with E-state index in [0.717, 1.165) is 0 Å². The van der Waals surface area contributed by atoms with Crippen molar-refractivity contribution in [2.75, 3.05) is 0 Å². The molecule has 0 amide bonds. The first-order valence-electron chi connectivity index (χ1n) is 17.5. The van der Waals surface area contributed by atoms with Crippen LogP contribution in [0.25, 0.3) is 65.3 Å². The molecule has 0 aliphatic carbocycles. The molecule has 4 heteroatoms. The summed E-state index contributed by atoms with van der Waals surface area (Å²) in [5.41, 5.74) is 9.74. The molecule has 0 nitrogen and oxygen atoms in total. The van der Waals surface area contributed by atoms with Crippen molar-refractivity contribution in [2.24, 2.45) is 0 Å². The van der Waals surface area contributed by atoms with Gasteiger partial charge < -0.3 is 24.8 Å². The van der Waals surface area contributed by atoms with Crippen LogP contribution in [0.3, 0.4) is 0 Å². The summed E-state index contributed by atoms with van der Waals surface area (Å²) in [5, 5.41) is 10.7. The van der Waals surface area contributed by atoms with Crippen molar-refractivity contribution in [1.29, 1.82) is 0 Å². The maximum Gasteiger partial charge on any atom is -0.0114 e. The molecule has 0 bridgehead atoms. The van der Waals surface area contributed by atoms with Gasteiger partial charge in [-0.1, -0.05) is 149 Å². The van der Waals surface area contributed by atoms with Crippen LogP contribution in [0, 0.1) is 6.92 Å². The quantitative estimate of drug-likeness (QED) is 0.125. The van der Waals surface area contributed by atoms with E-state index in [1.165, 1.54) is 82.0 Å². The fraction of sp³-hybridized carbons (Fsp3) is 0.191. The molecule has 0 saturated carbocycles. The van der Waals surface area contributed by atoms with Crippen LogP contribution in [-0.2, 0) is 23.3 Å². The zero-order chi connectivity index (χ0) is 34.7. The summed E-state index contributed by atoms with van der Waals surface area (Å²) in [7, 11) is 0. The first-order chi connectivity index (χ1) is 23.6. The molecule has 0 aliphatic heterocycles. The van der Waals surface area contributed by atoms with Crippen molar-refractivity contribution < 1.29 is 48.1 Å². The van der Waals surface area contributed by atoms with E-state index in [4.69, 9.17) is 0 Å². The Bertz CT molecular complexity index is 2400. The van der Waals surface area contributed by atoms with Crippen molar-refractivity contribution >= 4 is 48.5 Å². The maximum atomic E-state index is 2.36. The van der Waals surface area contributed by atoms with Gasteiger partial charge in [0.15, 0.2) is 0 Å². The Morgan fingerprint density at radius 3 is 1.51 bits per heavy atom. The molecule has 0 unspecified atom stereocenters. The van der Waals surface area contributed by atoms with Crippen LogP contribution in [0.1, 0.15) is 56.2 Å². The molecule has 8 aromatic rings. The van der Waals surface area contributed by atoms with Crippen LogP contribution in [0.5, 0.6) is 0 Å². The first-order valence-corrected chi connectivity index (χ1v) is 23.7. The Morgan fingerprint density at radius 1 is 0.510 bits per heavy atom. The summed E-state index contributed by atoms with van der Waals surface area (Å²) in [6.07, 6.45) is 0. The van der Waals surface area contributed by atoms with Crippen LogP contribution >= 0.6 is 0 Å². The average molecular weight is 801 g/mol. The van der Waals surface area contributed by atoms with E-state index in [2.05, 4.69) is 187 Å². The second kappa shape index (κ2) is 18.0. The topological polar surface area (TPSA) is 0 Å². The third kappa shape index (κ3) is 9.04. The molecular formula is C47H46Cl2SiZr-2. The van der Waals surface area contributed by atoms with Gasteiger partial charge in [0.05, 0.1) is 0 Å². The Hall–Kier alpha value is -3.26. The fourth-order valence-corrected chi connectivity index (χ4v) is 6.95. The summed E-state index contributed by atoms with van der Waals surface area (Å²) in [5.74, 6) is 1.11. The minimum Gasteiger partial charge on any atom is -1.00 e. The van der Waals surface area contributed by atoms with E-state index in [0.29, 0.717) is 11.8 Å². The smallest absolute Gasteiger partial charge is 0.0114 e. The summed E-state index contributed by atoms with van der Waals surface area (Å²) in [6, 6.07) is 51.0. The van der Waals surface area contributed by atoms with Crippen molar-refractivity contribution in [1.82, 2.24) is 0 Å². The Labute approximate surface area is 332 Å². The van der Waals surface area contributed by atoms with Crippen molar-refractivity contribution in [3.63, 3.8) is 0 Å². The second-order valence-corrected chi connectivity index (χ2v) is 23.4. The predicted molar refractivity (Wildman–Crippen MR) is 215 cm³/mol. The third-order valence-electron chi connectivity index (χ3n) is 9.29.